The zero-order valence-corrected chi connectivity index (χ0v) is 13.6. The predicted molar refractivity (Wildman–Crippen MR) is 90.2 cm³/mol. The first-order valence-corrected chi connectivity index (χ1v) is 7.72. The number of rotatable bonds is 5. The number of anilines is 1. The first kappa shape index (κ1) is 15.7. The standard InChI is InChI=1S/C17H19BrN2O/c1-12-14(18)8-5-9-16(12)20-17(21)15(19)11-10-13-6-3-2-4-7-13/h2-9,15H,10-11,19H2,1H3,(H,20,21)/t15-/m0/s1. The Kier molecular flexibility index (Phi) is 5.53. The number of aryl methyl sites for hydroxylation is 1. The van der Waals surface area contributed by atoms with Crippen LogP contribution in [0.3, 0.4) is 0 Å². The van der Waals surface area contributed by atoms with Crippen LogP contribution in [0.4, 0.5) is 5.69 Å². The molecule has 0 spiro atoms. The Balaban J connectivity index is 1.92. The minimum absolute atomic E-state index is 0.146. The zero-order valence-electron chi connectivity index (χ0n) is 12.0. The summed E-state index contributed by atoms with van der Waals surface area (Å²) in [6.45, 7) is 1.95. The maximum Gasteiger partial charge on any atom is 0.241 e. The second-order valence-corrected chi connectivity index (χ2v) is 5.89. The smallest absolute Gasteiger partial charge is 0.241 e. The number of benzene rings is 2. The van der Waals surface area contributed by atoms with Gasteiger partial charge in [-0.3, -0.25) is 4.79 Å². The van der Waals surface area contributed by atoms with Crippen molar-refractivity contribution in [3.8, 4) is 0 Å². The van der Waals surface area contributed by atoms with E-state index in [2.05, 4.69) is 21.2 Å². The van der Waals surface area contributed by atoms with Gasteiger partial charge in [-0.1, -0.05) is 52.3 Å². The van der Waals surface area contributed by atoms with Gasteiger partial charge in [0.05, 0.1) is 6.04 Å². The van der Waals surface area contributed by atoms with E-state index in [-0.39, 0.29) is 5.91 Å². The number of nitrogens with one attached hydrogen (secondary N) is 1. The van der Waals surface area contributed by atoms with Crippen LogP contribution in [-0.4, -0.2) is 11.9 Å². The second kappa shape index (κ2) is 7.38. The summed E-state index contributed by atoms with van der Waals surface area (Å²) in [4.78, 5) is 12.1. The lowest BCUT2D eigenvalue weighted by atomic mass is 10.1. The molecule has 0 aromatic heterocycles. The van der Waals surface area contributed by atoms with Gasteiger partial charge in [0.25, 0.3) is 0 Å². The SMILES string of the molecule is Cc1c(Br)cccc1NC(=O)[C@@H](N)CCc1ccccc1. The highest BCUT2D eigenvalue weighted by Gasteiger charge is 2.14. The molecular formula is C17H19BrN2O. The topological polar surface area (TPSA) is 55.1 Å². The van der Waals surface area contributed by atoms with Crippen molar-refractivity contribution in [1.29, 1.82) is 0 Å². The molecule has 4 heteroatoms. The summed E-state index contributed by atoms with van der Waals surface area (Å²) in [5.41, 5.74) is 8.97. The van der Waals surface area contributed by atoms with E-state index in [0.717, 1.165) is 22.1 Å². The van der Waals surface area contributed by atoms with Crippen molar-refractivity contribution < 1.29 is 4.79 Å². The van der Waals surface area contributed by atoms with E-state index in [1.54, 1.807) is 0 Å². The number of amides is 1. The van der Waals surface area contributed by atoms with E-state index in [4.69, 9.17) is 5.73 Å². The fraction of sp³-hybridized carbons (Fsp3) is 0.235. The zero-order chi connectivity index (χ0) is 15.2. The first-order valence-electron chi connectivity index (χ1n) is 6.93. The molecule has 1 amide bonds. The molecule has 0 unspecified atom stereocenters. The normalized spacial score (nSPS) is 12.0. The van der Waals surface area contributed by atoms with Crippen LogP contribution in [-0.2, 0) is 11.2 Å². The lowest BCUT2D eigenvalue weighted by Crippen LogP contribution is -2.36. The van der Waals surface area contributed by atoms with Crippen LogP contribution in [0.5, 0.6) is 0 Å². The molecule has 2 rings (SSSR count). The number of carbonyl (C=O) groups is 1. The minimum atomic E-state index is -0.511. The maximum atomic E-state index is 12.1. The third kappa shape index (κ3) is 4.41. The Morgan fingerprint density at radius 3 is 2.62 bits per heavy atom. The highest BCUT2D eigenvalue weighted by atomic mass is 79.9. The summed E-state index contributed by atoms with van der Waals surface area (Å²) in [5.74, 6) is -0.146. The van der Waals surface area contributed by atoms with Crippen LogP contribution in [0.15, 0.2) is 53.0 Å². The Bertz CT molecular complexity index is 613. The Labute approximate surface area is 133 Å². The van der Waals surface area contributed by atoms with E-state index < -0.39 is 6.04 Å². The number of hydrogen-bond donors (Lipinski definition) is 2. The van der Waals surface area contributed by atoms with E-state index in [0.29, 0.717) is 6.42 Å². The molecule has 3 N–H and O–H groups in total. The van der Waals surface area contributed by atoms with Crippen LogP contribution in [0.25, 0.3) is 0 Å². The molecule has 21 heavy (non-hydrogen) atoms. The number of halogens is 1. The monoisotopic (exact) mass is 346 g/mol. The fourth-order valence-electron chi connectivity index (χ4n) is 2.07. The summed E-state index contributed by atoms with van der Waals surface area (Å²) in [7, 11) is 0. The van der Waals surface area contributed by atoms with Crippen LogP contribution >= 0.6 is 15.9 Å². The number of hydrogen-bond acceptors (Lipinski definition) is 2. The molecule has 1 atom stereocenters. The van der Waals surface area contributed by atoms with E-state index in [9.17, 15) is 4.79 Å². The number of nitrogens with two attached hydrogens (primary N) is 1. The molecule has 3 nitrogen and oxygen atoms in total. The predicted octanol–water partition coefficient (Wildman–Crippen LogP) is 3.66. The molecule has 0 aliphatic rings. The van der Waals surface area contributed by atoms with Crippen molar-refractivity contribution in [1.82, 2.24) is 0 Å². The van der Waals surface area contributed by atoms with Crippen LogP contribution in [0.2, 0.25) is 0 Å². The van der Waals surface area contributed by atoms with Gasteiger partial charge in [-0.25, -0.2) is 0 Å². The van der Waals surface area contributed by atoms with Gasteiger partial charge in [0.2, 0.25) is 5.91 Å². The van der Waals surface area contributed by atoms with Crippen LogP contribution in [0.1, 0.15) is 17.5 Å². The molecular weight excluding hydrogens is 328 g/mol. The van der Waals surface area contributed by atoms with Gasteiger partial charge in [-0.15, -0.1) is 0 Å². The van der Waals surface area contributed by atoms with Gasteiger partial charge in [0, 0.05) is 10.2 Å². The molecule has 0 saturated carbocycles. The molecule has 0 heterocycles. The summed E-state index contributed by atoms with van der Waals surface area (Å²) in [5, 5.41) is 2.89. The van der Waals surface area contributed by atoms with Crippen molar-refractivity contribution in [3.63, 3.8) is 0 Å². The fourth-order valence-corrected chi connectivity index (χ4v) is 2.43. The van der Waals surface area contributed by atoms with Crippen molar-refractivity contribution in [2.24, 2.45) is 5.73 Å². The molecule has 110 valence electrons. The lowest BCUT2D eigenvalue weighted by molar-refractivity contribution is -0.117. The summed E-state index contributed by atoms with van der Waals surface area (Å²) < 4.78 is 0.971. The van der Waals surface area contributed by atoms with Gasteiger partial charge in [0.1, 0.15) is 0 Å². The van der Waals surface area contributed by atoms with Crippen LogP contribution < -0.4 is 11.1 Å². The van der Waals surface area contributed by atoms with E-state index >= 15 is 0 Å². The van der Waals surface area contributed by atoms with Crippen molar-refractivity contribution >= 4 is 27.5 Å². The third-order valence-corrected chi connectivity index (χ3v) is 4.31. The molecule has 2 aromatic carbocycles. The Morgan fingerprint density at radius 2 is 1.90 bits per heavy atom. The van der Waals surface area contributed by atoms with E-state index in [1.807, 2.05) is 55.5 Å². The summed E-state index contributed by atoms with van der Waals surface area (Å²) >= 11 is 3.45. The van der Waals surface area contributed by atoms with Crippen molar-refractivity contribution in [2.75, 3.05) is 5.32 Å². The van der Waals surface area contributed by atoms with Crippen molar-refractivity contribution in [2.45, 2.75) is 25.8 Å². The van der Waals surface area contributed by atoms with Gasteiger partial charge in [-0.2, -0.15) is 0 Å². The third-order valence-electron chi connectivity index (χ3n) is 3.45. The van der Waals surface area contributed by atoms with Gasteiger partial charge in [-0.05, 0) is 43.0 Å². The molecule has 2 aromatic rings. The molecule has 0 radical (unpaired) electrons. The molecule has 0 aliphatic heterocycles. The molecule has 0 aliphatic carbocycles. The second-order valence-electron chi connectivity index (χ2n) is 5.03. The quantitative estimate of drug-likeness (QED) is 0.867. The maximum absolute atomic E-state index is 12.1. The highest BCUT2D eigenvalue weighted by Crippen LogP contribution is 2.23. The Morgan fingerprint density at radius 1 is 1.19 bits per heavy atom. The van der Waals surface area contributed by atoms with E-state index in [1.165, 1.54) is 5.56 Å². The average molecular weight is 347 g/mol. The summed E-state index contributed by atoms with van der Waals surface area (Å²) in [6, 6.07) is 15.3. The largest absolute Gasteiger partial charge is 0.324 e. The lowest BCUT2D eigenvalue weighted by Gasteiger charge is -2.14. The minimum Gasteiger partial charge on any atom is -0.324 e. The highest BCUT2D eigenvalue weighted by molar-refractivity contribution is 9.10. The molecule has 0 saturated heterocycles. The molecule has 0 fully saturated rings. The van der Waals surface area contributed by atoms with Gasteiger partial charge >= 0.3 is 0 Å². The van der Waals surface area contributed by atoms with Gasteiger partial charge in [0.15, 0.2) is 0 Å². The summed E-state index contributed by atoms with van der Waals surface area (Å²) in [6.07, 6.45) is 1.43. The average Bonchev–Trinajstić information content (AvgIpc) is 2.50. The first-order chi connectivity index (χ1) is 10.1. The van der Waals surface area contributed by atoms with Crippen molar-refractivity contribution in [3.05, 3.63) is 64.1 Å². The number of carbonyl (C=O) groups excluding carboxylic acids is 1. The molecule has 0 bridgehead atoms. The Hall–Kier alpha value is -1.65. The van der Waals surface area contributed by atoms with Crippen LogP contribution in [0, 0.1) is 6.92 Å². The van der Waals surface area contributed by atoms with Gasteiger partial charge < -0.3 is 11.1 Å².